The summed E-state index contributed by atoms with van der Waals surface area (Å²) in [5, 5.41) is 0. The smallest absolute Gasteiger partial charge is 0.0717 e. The minimum Gasteiger partial charge on any atom is -0.376 e. The van der Waals surface area contributed by atoms with Gasteiger partial charge in [0.15, 0.2) is 0 Å². The van der Waals surface area contributed by atoms with E-state index in [1.807, 2.05) is 6.07 Å². The van der Waals surface area contributed by atoms with Gasteiger partial charge in [-0.2, -0.15) is 0 Å². The maximum atomic E-state index is 5.70. The molecule has 1 aromatic carbocycles. The van der Waals surface area contributed by atoms with Crippen molar-refractivity contribution in [3.05, 3.63) is 35.9 Å². The maximum Gasteiger partial charge on any atom is 0.0717 e. The van der Waals surface area contributed by atoms with Crippen molar-refractivity contribution in [3.8, 4) is 0 Å². The minimum absolute atomic E-state index is 0. The number of benzene rings is 1. The van der Waals surface area contributed by atoms with Gasteiger partial charge in [-0.15, -0.1) is 12.4 Å². The first-order chi connectivity index (χ1) is 7.27. The Hall–Kier alpha value is -0.570. The van der Waals surface area contributed by atoms with Gasteiger partial charge in [0.25, 0.3) is 0 Å². The molecule has 0 amide bonds. The third-order valence-electron chi connectivity index (χ3n) is 2.99. The second-order valence-electron chi connectivity index (χ2n) is 4.53. The Bertz CT molecular complexity index is 302. The predicted molar refractivity (Wildman–Crippen MR) is 68.9 cm³/mol. The fourth-order valence-corrected chi connectivity index (χ4v) is 1.95. The molecule has 2 atom stereocenters. The lowest BCUT2D eigenvalue weighted by molar-refractivity contribution is 0.105. The summed E-state index contributed by atoms with van der Waals surface area (Å²) in [4.78, 5) is 2.29. The summed E-state index contributed by atoms with van der Waals surface area (Å²) in [6.45, 7) is 1.65. The van der Waals surface area contributed by atoms with Crippen LogP contribution in [0.15, 0.2) is 30.3 Å². The van der Waals surface area contributed by atoms with Crippen LogP contribution in [0.3, 0.4) is 0 Å². The molecule has 0 aromatic heterocycles. The van der Waals surface area contributed by atoms with Crippen molar-refractivity contribution >= 4 is 12.4 Å². The fraction of sp³-hybridized carbons (Fsp3) is 0.538. The molecule has 1 aliphatic rings. The first kappa shape index (κ1) is 13.5. The van der Waals surface area contributed by atoms with Gasteiger partial charge >= 0.3 is 0 Å². The molecular weight excluding hydrogens is 222 g/mol. The van der Waals surface area contributed by atoms with Gasteiger partial charge < -0.3 is 9.64 Å². The van der Waals surface area contributed by atoms with Gasteiger partial charge in [-0.1, -0.05) is 30.3 Å². The Morgan fingerprint density at radius 2 is 1.94 bits per heavy atom. The van der Waals surface area contributed by atoms with Crippen LogP contribution in [-0.4, -0.2) is 31.6 Å². The van der Waals surface area contributed by atoms with E-state index in [0.717, 1.165) is 25.2 Å². The highest BCUT2D eigenvalue weighted by molar-refractivity contribution is 5.85. The normalized spacial score (nSPS) is 22.9. The van der Waals surface area contributed by atoms with Gasteiger partial charge in [-0.3, -0.25) is 0 Å². The molecule has 3 heteroatoms. The van der Waals surface area contributed by atoms with Gasteiger partial charge in [0.05, 0.1) is 13.2 Å². The van der Waals surface area contributed by atoms with E-state index in [4.69, 9.17) is 4.74 Å². The number of nitrogens with zero attached hydrogens (tertiary/aromatic N) is 1. The molecule has 1 aromatic rings. The Kier molecular flexibility index (Phi) is 5.26. The molecule has 0 spiro atoms. The Morgan fingerprint density at radius 3 is 2.50 bits per heavy atom. The van der Waals surface area contributed by atoms with Crippen LogP contribution >= 0.6 is 12.4 Å². The highest BCUT2D eigenvalue weighted by Crippen LogP contribution is 2.34. The molecule has 2 nitrogen and oxygen atoms in total. The zero-order chi connectivity index (χ0) is 10.7. The quantitative estimate of drug-likeness (QED) is 0.786. The fourth-order valence-electron chi connectivity index (χ4n) is 1.95. The molecule has 0 radical (unpaired) electrons. The summed E-state index contributed by atoms with van der Waals surface area (Å²) < 4.78 is 5.70. The van der Waals surface area contributed by atoms with Crippen LogP contribution in [0.1, 0.15) is 12.0 Å². The summed E-state index contributed by atoms with van der Waals surface area (Å²) in [6.07, 6.45) is 1.29. The van der Waals surface area contributed by atoms with Crippen LogP contribution < -0.4 is 0 Å². The van der Waals surface area contributed by atoms with Crippen molar-refractivity contribution in [2.45, 2.75) is 19.1 Å². The lowest BCUT2D eigenvalue weighted by Crippen LogP contribution is -2.17. The van der Waals surface area contributed by atoms with Crippen LogP contribution in [0.25, 0.3) is 0 Å². The van der Waals surface area contributed by atoms with E-state index in [-0.39, 0.29) is 12.4 Å². The standard InChI is InChI=1S/C13H19NO.ClH/c1-14(2)13-8-12(13)10-15-9-11-6-4-3-5-7-11;/h3-7,12-13H,8-10H2,1-2H3;1H. The first-order valence-electron chi connectivity index (χ1n) is 5.55. The topological polar surface area (TPSA) is 12.5 Å². The SMILES string of the molecule is CN(C)C1CC1COCc1ccccc1.Cl. The summed E-state index contributed by atoms with van der Waals surface area (Å²) in [7, 11) is 4.28. The largest absolute Gasteiger partial charge is 0.376 e. The van der Waals surface area contributed by atoms with E-state index in [9.17, 15) is 0 Å². The minimum atomic E-state index is 0. The van der Waals surface area contributed by atoms with Crippen molar-refractivity contribution in [2.75, 3.05) is 20.7 Å². The molecule has 1 aliphatic carbocycles. The molecule has 0 N–H and O–H groups in total. The van der Waals surface area contributed by atoms with Gasteiger partial charge in [0.1, 0.15) is 0 Å². The first-order valence-corrected chi connectivity index (χ1v) is 5.55. The van der Waals surface area contributed by atoms with Gasteiger partial charge in [0, 0.05) is 6.04 Å². The van der Waals surface area contributed by atoms with E-state index in [1.54, 1.807) is 0 Å². The van der Waals surface area contributed by atoms with Crippen LogP contribution in [0.5, 0.6) is 0 Å². The maximum absolute atomic E-state index is 5.70. The third kappa shape index (κ3) is 3.78. The molecule has 2 unspecified atom stereocenters. The molecular formula is C13H20ClNO. The molecule has 90 valence electrons. The number of halogens is 1. The molecule has 16 heavy (non-hydrogen) atoms. The van der Waals surface area contributed by atoms with E-state index in [0.29, 0.717) is 0 Å². The van der Waals surface area contributed by atoms with Crippen LogP contribution in [0.4, 0.5) is 0 Å². The van der Waals surface area contributed by atoms with Crippen molar-refractivity contribution in [2.24, 2.45) is 5.92 Å². The van der Waals surface area contributed by atoms with Gasteiger partial charge in [-0.05, 0) is 32.0 Å². The molecule has 1 fully saturated rings. The van der Waals surface area contributed by atoms with Crippen molar-refractivity contribution in [1.29, 1.82) is 0 Å². The summed E-state index contributed by atoms with van der Waals surface area (Å²) in [5.74, 6) is 0.753. The van der Waals surface area contributed by atoms with Crippen LogP contribution in [0, 0.1) is 5.92 Å². The number of ether oxygens (including phenoxy) is 1. The molecule has 0 saturated heterocycles. The molecule has 0 heterocycles. The van der Waals surface area contributed by atoms with Crippen molar-refractivity contribution in [1.82, 2.24) is 4.90 Å². The zero-order valence-corrected chi connectivity index (χ0v) is 10.7. The lowest BCUT2D eigenvalue weighted by Gasteiger charge is -2.09. The van der Waals surface area contributed by atoms with Gasteiger partial charge in [-0.25, -0.2) is 0 Å². The van der Waals surface area contributed by atoms with Crippen LogP contribution in [-0.2, 0) is 11.3 Å². The van der Waals surface area contributed by atoms with Gasteiger partial charge in [0.2, 0.25) is 0 Å². The van der Waals surface area contributed by atoms with E-state index >= 15 is 0 Å². The number of hydrogen-bond acceptors (Lipinski definition) is 2. The Labute approximate surface area is 104 Å². The molecule has 2 rings (SSSR count). The number of hydrogen-bond donors (Lipinski definition) is 0. The highest BCUT2D eigenvalue weighted by Gasteiger charge is 2.38. The zero-order valence-electron chi connectivity index (χ0n) is 9.93. The Balaban J connectivity index is 0.00000128. The molecule has 0 bridgehead atoms. The average Bonchev–Trinajstić information content (AvgIpc) is 2.99. The molecule has 1 saturated carbocycles. The summed E-state index contributed by atoms with van der Waals surface area (Å²) in [6, 6.07) is 11.1. The number of rotatable bonds is 5. The molecule has 0 aliphatic heterocycles. The second-order valence-corrected chi connectivity index (χ2v) is 4.53. The monoisotopic (exact) mass is 241 g/mol. The lowest BCUT2D eigenvalue weighted by atomic mass is 10.2. The third-order valence-corrected chi connectivity index (χ3v) is 2.99. The summed E-state index contributed by atoms with van der Waals surface area (Å²) in [5.41, 5.74) is 1.26. The van der Waals surface area contributed by atoms with Crippen LogP contribution in [0.2, 0.25) is 0 Å². The van der Waals surface area contributed by atoms with E-state index in [2.05, 4.69) is 43.3 Å². The Morgan fingerprint density at radius 1 is 1.25 bits per heavy atom. The van der Waals surface area contributed by atoms with Crippen molar-refractivity contribution < 1.29 is 4.74 Å². The summed E-state index contributed by atoms with van der Waals surface area (Å²) >= 11 is 0. The average molecular weight is 242 g/mol. The highest BCUT2D eigenvalue weighted by atomic mass is 35.5. The van der Waals surface area contributed by atoms with E-state index in [1.165, 1.54) is 12.0 Å². The van der Waals surface area contributed by atoms with Crippen molar-refractivity contribution in [3.63, 3.8) is 0 Å². The predicted octanol–water partition coefficient (Wildman–Crippen LogP) is 2.58. The second kappa shape index (κ2) is 6.24. The van der Waals surface area contributed by atoms with E-state index < -0.39 is 0 Å².